The van der Waals surface area contributed by atoms with E-state index in [2.05, 4.69) is 29.0 Å². The zero-order valence-corrected chi connectivity index (χ0v) is 17.7. The molecule has 1 aromatic carbocycles. The smallest absolute Gasteiger partial charge is 0.226 e. The van der Waals surface area contributed by atoms with Crippen molar-refractivity contribution >= 4 is 5.91 Å². The number of hydrogen-bond donors (Lipinski definition) is 0. The van der Waals surface area contributed by atoms with Gasteiger partial charge in [0.25, 0.3) is 0 Å². The van der Waals surface area contributed by atoms with E-state index in [1.54, 1.807) is 7.11 Å². The van der Waals surface area contributed by atoms with Crippen LogP contribution < -0.4 is 4.74 Å². The van der Waals surface area contributed by atoms with Gasteiger partial charge in [0.15, 0.2) is 0 Å². The van der Waals surface area contributed by atoms with Crippen molar-refractivity contribution in [2.75, 3.05) is 40.3 Å². The van der Waals surface area contributed by atoms with Crippen LogP contribution in [0.1, 0.15) is 50.5 Å². The summed E-state index contributed by atoms with van der Waals surface area (Å²) >= 11 is 0. The van der Waals surface area contributed by atoms with E-state index in [0.717, 1.165) is 31.7 Å². The molecule has 1 unspecified atom stereocenters. The minimum Gasteiger partial charge on any atom is -0.497 e. The van der Waals surface area contributed by atoms with Crippen molar-refractivity contribution in [3.05, 3.63) is 29.8 Å². The number of piperidine rings is 1. The number of amides is 1. The average molecular weight is 385 g/mol. The molecule has 2 aliphatic carbocycles. The molecule has 0 bridgehead atoms. The second-order valence-electron chi connectivity index (χ2n) is 9.46. The number of nitrogens with zero attached hydrogens (tertiary/aromatic N) is 2. The van der Waals surface area contributed by atoms with Crippen LogP contribution in [0.4, 0.5) is 0 Å². The summed E-state index contributed by atoms with van der Waals surface area (Å²) in [4.78, 5) is 18.1. The first-order valence-corrected chi connectivity index (χ1v) is 11.2. The van der Waals surface area contributed by atoms with Crippen LogP contribution in [0.3, 0.4) is 0 Å². The van der Waals surface area contributed by atoms with Gasteiger partial charge in [0, 0.05) is 19.0 Å². The third-order valence-corrected chi connectivity index (χ3v) is 7.54. The van der Waals surface area contributed by atoms with Gasteiger partial charge in [-0.2, -0.15) is 0 Å². The van der Waals surface area contributed by atoms with Gasteiger partial charge in [-0.1, -0.05) is 25.0 Å². The highest BCUT2D eigenvalue weighted by atomic mass is 16.5. The van der Waals surface area contributed by atoms with Crippen LogP contribution >= 0.6 is 0 Å². The fraction of sp³-hybridized carbons (Fsp3) is 0.708. The molecule has 154 valence electrons. The lowest BCUT2D eigenvalue weighted by molar-refractivity contribution is -0.134. The van der Waals surface area contributed by atoms with Gasteiger partial charge in [0.05, 0.1) is 7.11 Å². The van der Waals surface area contributed by atoms with Crippen LogP contribution in [-0.4, -0.2) is 56.0 Å². The van der Waals surface area contributed by atoms with Crippen molar-refractivity contribution in [2.45, 2.75) is 51.4 Å². The summed E-state index contributed by atoms with van der Waals surface area (Å²) in [6, 6.07) is 8.30. The van der Waals surface area contributed by atoms with E-state index in [0.29, 0.717) is 23.2 Å². The van der Waals surface area contributed by atoms with Gasteiger partial charge < -0.3 is 14.5 Å². The SMILES string of the molecule is COc1ccc(CCN(CC2CCN(C)CC2)C(=O)C2CC23CCCC3)cc1. The Morgan fingerprint density at radius 1 is 1.18 bits per heavy atom. The van der Waals surface area contributed by atoms with E-state index in [9.17, 15) is 4.79 Å². The summed E-state index contributed by atoms with van der Waals surface area (Å²) in [6.07, 6.45) is 9.74. The molecule has 3 fully saturated rings. The summed E-state index contributed by atoms with van der Waals surface area (Å²) in [6.45, 7) is 4.14. The first-order valence-electron chi connectivity index (χ1n) is 11.2. The standard InChI is InChI=1S/C24H36N2O2/c1-25-14-9-20(10-15-25)18-26(16-11-19-5-7-21(28-2)8-6-19)23(27)22-17-24(22)12-3-4-13-24/h5-8,20,22H,3-4,9-18H2,1-2H3. The summed E-state index contributed by atoms with van der Waals surface area (Å²) in [7, 11) is 3.91. The molecule has 4 nitrogen and oxygen atoms in total. The molecular weight excluding hydrogens is 348 g/mol. The number of likely N-dealkylation sites (tertiary alicyclic amines) is 1. The second-order valence-corrected chi connectivity index (χ2v) is 9.46. The van der Waals surface area contributed by atoms with Gasteiger partial charge in [-0.25, -0.2) is 0 Å². The number of methoxy groups -OCH3 is 1. The predicted molar refractivity (Wildman–Crippen MR) is 113 cm³/mol. The zero-order chi connectivity index (χ0) is 19.6. The summed E-state index contributed by atoms with van der Waals surface area (Å²) in [5.41, 5.74) is 1.68. The second kappa shape index (κ2) is 8.44. The fourth-order valence-electron chi connectivity index (χ4n) is 5.45. The van der Waals surface area contributed by atoms with Crippen molar-refractivity contribution in [1.82, 2.24) is 9.80 Å². The van der Waals surface area contributed by atoms with E-state index in [1.807, 2.05) is 12.1 Å². The first-order chi connectivity index (χ1) is 13.6. The monoisotopic (exact) mass is 384 g/mol. The van der Waals surface area contributed by atoms with Crippen LogP contribution in [0.5, 0.6) is 5.75 Å². The molecule has 1 amide bonds. The Morgan fingerprint density at radius 2 is 1.86 bits per heavy atom. The van der Waals surface area contributed by atoms with Crippen molar-refractivity contribution in [1.29, 1.82) is 0 Å². The molecule has 1 heterocycles. The average Bonchev–Trinajstić information content (AvgIpc) is 3.22. The van der Waals surface area contributed by atoms with Crippen LogP contribution in [0.15, 0.2) is 24.3 Å². The van der Waals surface area contributed by atoms with Crippen LogP contribution in [0.25, 0.3) is 0 Å². The Hall–Kier alpha value is -1.55. The van der Waals surface area contributed by atoms with E-state index < -0.39 is 0 Å². The van der Waals surface area contributed by atoms with Gasteiger partial charge in [0.1, 0.15) is 5.75 Å². The number of benzene rings is 1. The fourth-order valence-corrected chi connectivity index (χ4v) is 5.45. The summed E-state index contributed by atoms with van der Waals surface area (Å²) in [5.74, 6) is 2.32. The number of carbonyl (C=O) groups is 1. The molecule has 0 aromatic heterocycles. The number of rotatable bonds is 7. The van der Waals surface area contributed by atoms with E-state index >= 15 is 0 Å². The van der Waals surface area contributed by atoms with Crippen LogP contribution in [0.2, 0.25) is 0 Å². The lowest BCUT2D eigenvalue weighted by Crippen LogP contribution is -2.42. The Bertz CT molecular complexity index is 658. The summed E-state index contributed by atoms with van der Waals surface area (Å²) in [5, 5.41) is 0. The Labute approximate surface area is 170 Å². The highest BCUT2D eigenvalue weighted by Gasteiger charge is 2.59. The van der Waals surface area contributed by atoms with E-state index in [-0.39, 0.29) is 0 Å². The van der Waals surface area contributed by atoms with Crippen molar-refractivity contribution in [3.63, 3.8) is 0 Å². The molecule has 1 aromatic rings. The lowest BCUT2D eigenvalue weighted by Gasteiger charge is -2.33. The molecule has 4 rings (SSSR count). The Morgan fingerprint density at radius 3 is 2.50 bits per heavy atom. The van der Waals surface area contributed by atoms with Gasteiger partial charge in [-0.15, -0.1) is 0 Å². The molecule has 3 aliphatic rings. The maximum atomic E-state index is 13.4. The molecule has 0 N–H and O–H groups in total. The molecule has 1 atom stereocenters. The number of ether oxygens (including phenoxy) is 1. The van der Waals surface area contributed by atoms with Crippen LogP contribution in [-0.2, 0) is 11.2 Å². The largest absolute Gasteiger partial charge is 0.497 e. The lowest BCUT2D eigenvalue weighted by atomic mass is 9.95. The predicted octanol–water partition coefficient (Wildman–Crippen LogP) is 3.99. The molecule has 1 spiro atoms. The molecule has 28 heavy (non-hydrogen) atoms. The van der Waals surface area contributed by atoms with Crippen molar-refractivity contribution < 1.29 is 9.53 Å². The number of carbonyl (C=O) groups excluding carboxylic acids is 1. The van der Waals surface area contributed by atoms with Crippen molar-refractivity contribution in [3.8, 4) is 5.75 Å². The molecule has 2 saturated carbocycles. The summed E-state index contributed by atoms with van der Waals surface area (Å²) < 4.78 is 5.27. The van der Waals surface area contributed by atoms with Gasteiger partial charge in [-0.05, 0) is 87.7 Å². The van der Waals surface area contributed by atoms with Gasteiger partial charge >= 0.3 is 0 Å². The maximum absolute atomic E-state index is 13.4. The number of hydrogen-bond acceptors (Lipinski definition) is 3. The zero-order valence-electron chi connectivity index (χ0n) is 17.7. The van der Waals surface area contributed by atoms with Crippen molar-refractivity contribution in [2.24, 2.45) is 17.3 Å². The quantitative estimate of drug-likeness (QED) is 0.713. The third kappa shape index (κ3) is 4.37. The maximum Gasteiger partial charge on any atom is 0.226 e. The topological polar surface area (TPSA) is 32.8 Å². The Kier molecular flexibility index (Phi) is 5.96. The Balaban J connectivity index is 1.39. The molecule has 4 heteroatoms. The minimum atomic E-state index is 0.317. The van der Waals surface area contributed by atoms with Gasteiger partial charge in [-0.3, -0.25) is 4.79 Å². The van der Waals surface area contributed by atoms with Crippen LogP contribution in [0, 0.1) is 17.3 Å². The highest BCUT2D eigenvalue weighted by Crippen LogP contribution is 2.63. The molecule has 0 radical (unpaired) electrons. The first kappa shape index (κ1) is 19.8. The molecule has 1 saturated heterocycles. The van der Waals surface area contributed by atoms with E-state index in [4.69, 9.17) is 4.74 Å². The molecular formula is C24H36N2O2. The van der Waals surface area contributed by atoms with E-state index in [1.165, 1.54) is 57.2 Å². The normalized spacial score (nSPS) is 24.4. The third-order valence-electron chi connectivity index (χ3n) is 7.54. The molecule has 1 aliphatic heterocycles. The van der Waals surface area contributed by atoms with Gasteiger partial charge in [0.2, 0.25) is 5.91 Å². The minimum absolute atomic E-state index is 0.317. The highest BCUT2D eigenvalue weighted by molar-refractivity contribution is 5.82.